The Labute approximate surface area is 584 Å². The van der Waals surface area contributed by atoms with E-state index in [4.69, 9.17) is 57.2 Å². The number of rotatable bonds is 20. The van der Waals surface area contributed by atoms with Crippen molar-refractivity contribution in [3.8, 4) is 18.2 Å². The number of carbonyl (C=O) groups is 3. The van der Waals surface area contributed by atoms with Crippen molar-refractivity contribution in [2.45, 2.75) is 57.8 Å². The largest absolute Gasteiger partial charge is 0.475 e. The number of nitriles is 3. The lowest BCUT2D eigenvalue weighted by Gasteiger charge is -2.36. The highest BCUT2D eigenvalue weighted by Gasteiger charge is 2.22. The van der Waals surface area contributed by atoms with E-state index >= 15 is 0 Å². The highest BCUT2D eigenvalue weighted by molar-refractivity contribution is 6.17. The number of hydrogen-bond donors (Lipinski definition) is 7. The number of aromatic amines is 3. The summed E-state index contributed by atoms with van der Waals surface area (Å²) in [4.78, 5) is 55.5. The predicted molar refractivity (Wildman–Crippen MR) is 394 cm³/mol. The Kier molecular flexibility index (Phi) is 22.5. The molecule has 2 amide bonds. The topological polar surface area (TPSA) is 310 Å². The molecule has 0 spiro atoms. The molecule has 6 aromatic heterocycles. The third-order valence-corrected chi connectivity index (χ3v) is 19.3. The summed E-state index contributed by atoms with van der Waals surface area (Å²) in [5.74, 6) is -1.02. The number of aromatic carboxylic acids is 1. The molecule has 21 nitrogen and oxygen atoms in total. The number of anilines is 3. The minimum Gasteiger partial charge on any atom is -0.475 e. The van der Waals surface area contributed by atoms with E-state index < -0.39 is 17.8 Å². The first-order valence-corrected chi connectivity index (χ1v) is 34.7. The van der Waals surface area contributed by atoms with Crippen LogP contribution in [0.2, 0.25) is 0 Å². The van der Waals surface area contributed by atoms with Crippen LogP contribution in [0.5, 0.6) is 0 Å². The summed E-state index contributed by atoms with van der Waals surface area (Å²) in [6.45, 7) is 14.1. The van der Waals surface area contributed by atoms with Gasteiger partial charge in [-0.25, -0.2) is 4.79 Å². The van der Waals surface area contributed by atoms with Crippen molar-refractivity contribution in [3.63, 3.8) is 0 Å². The highest BCUT2D eigenvalue weighted by atomic mass is 35.5. The predicted octanol–water partition coefficient (Wildman–Crippen LogP) is 13.2. The zero-order valence-corrected chi connectivity index (χ0v) is 56.6. The molecule has 6 aromatic carbocycles. The summed E-state index contributed by atoms with van der Waals surface area (Å²) in [6, 6.07) is 46.8. The van der Waals surface area contributed by atoms with Crippen molar-refractivity contribution in [1.29, 1.82) is 15.8 Å². The van der Waals surface area contributed by atoms with Crippen LogP contribution in [-0.4, -0.2) is 145 Å². The van der Waals surface area contributed by atoms with Crippen LogP contribution in [-0.2, 0) is 19.3 Å². The number of primary amides is 2. The molecule has 9 heterocycles. The van der Waals surface area contributed by atoms with Gasteiger partial charge in [0.15, 0.2) is 11.5 Å². The average molecular weight is 1360 g/mol. The molecule has 512 valence electrons. The standard InChI is InChI=1S/C26H27N5O2.C26H26N4O3.C13H13ClN2.C13H15N3O2/c27-16-18-4-6-23-22(13-18)19(17-29-23)3-1-2-8-30-9-11-31(12-10-30)21-5-7-24-20(14-21)15-25(33-24)26(28)32;27-16-18-4-6-23-22(13-18)19(17-28-23)3-1-2-8-29-9-11-30(12-10-29)21-5-7-24-20(14-21)15-25(33-24)26(31)32;14-6-2-1-3-11-9-16-13-5-4-10(8-15)7-12(11)13;14-13(17)12-8-9-7-10(1-2-11(9)18-12)16-5-3-15-4-6-16/h4-7,13-15,17,29H,1-3,8-12H2,(H2,28,32);4-7,13-15,17,28H,1-3,8-12H2,(H,31,32);4-5,7,9,16H,1-3,6H2;1-2,7-8,15H,3-6H2,(H2,14,17). The lowest BCUT2D eigenvalue weighted by atomic mass is 10.1. The molecule has 3 aliphatic heterocycles. The molecule has 0 aliphatic carbocycles. The van der Waals surface area contributed by atoms with Crippen molar-refractivity contribution >= 4 is 112 Å². The second-order valence-corrected chi connectivity index (χ2v) is 25.9. The fraction of sp³-hybridized carbons (Fsp3) is 0.308. The van der Waals surface area contributed by atoms with Crippen molar-refractivity contribution in [1.82, 2.24) is 30.1 Å². The number of furan rings is 3. The third-order valence-electron chi connectivity index (χ3n) is 19.0. The summed E-state index contributed by atoms with van der Waals surface area (Å²) in [5, 5.41) is 45.7. The molecule has 0 atom stereocenters. The van der Waals surface area contributed by atoms with Crippen LogP contribution in [0.15, 0.2) is 159 Å². The number of hydrogen-bond acceptors (Lipinski definition) is 15. The molecule has 15 rings (SSSR count). The van der Waals surface area contributed by atoms with E-state index in [9.17, 15) is 14.4 Å². The first-order chi connectivity index (χ1) is 48.8. The number of nitrogens with two attached hydrogens (primary N) is 2. The fourth-order valence-electron chi connectivity index (χ4n) is 13.5. The number of carboxylic acids is 1. The molecule has 9 N–H and O–H groups in total. The van der Waals surface area contributed by atoms with Gasteiger partial charge < -0.3 is 64.8 Å². The number of carbonyl (C=O) groups excluding carboxylic acids is 2. The Balaban J connectivity index is 0.000000132. The van der Waals surface area contributed by atoms with E-state index in [-0.39, 0.29) is 17.3 Å². The number of carboxylic acid groups (broad SMARTS) is 1. The van der Waals surface area contributed by atoms with Crippen LogP contribution in [0.1, 0.15) is 104 Å². The van der Waals surface area contributed by atoms with Crippen molar-refractivity contribution in [2.24, 2.45) is 11.5 Å². The van der Waals surface area contributed by atoms with Gasteiger partial charge in [-0.2, -0.15) is 15.8 Å². The second kappa shape index (κ2) is 32.6. The maximum absolute atomic E-state index is 11.4. The highest BCUT2D eigenvalue weighted by Crippen LogP contribution is 2.31. The van der Waals surface area contributed by atoms with Crippen LogP contribution in [0, 0.1) is 34.0 Å². The minimum atomic E-state index is -1.04. The molecule has 0 unspecified atom stereocenters. The molecule has 3 fully saturated rings. The van der Waals surface area contributed by atoms with Crippen LogP contribution >= 0.6 is 11.6 Å². The Bertz CT molecular complexity index is 4770. The van der Waals surface area contributed by atoms with Gasteiger partial charge in [0.1, 0.15) is 16.7 Å². The van der Waals surface area contributed by atoms with Crippen molar-refractivity contribution in [3.05, 3.63) is 197 Å². The maximum Gasteiger partial charge on any atom is 0.371 e. The number of nitrogens with zero attached hydrogens (tertiary/aromatic N) is 8. The van der Waals surface area contributed by atoms with Crippen LogP contribution in [0.25, 0.3) is 65.6 Å². The smallest absolute Gasteiger partial charge is 0.371 e. The lowest BCUT2D eigenvalue weighted by molar-refractivity contribution is 0.0664. The van der Waals surface area contributed by atoms with Gasteiger partial charge in [0.2, 0.25) is 5.76 Å². The zero-order valence-electron chi connectivity index (χ0n) is 55.8. The Morgan fingerprint density at radius 3 is 1.14 bits per heavy atom. The van der Waals surface area contributed by atoms with Crippen LogP contribution in [0.4, 0.5) is 17.1 Å². The van der Waals surface area contributed by atoms with Gasteiger partial charge in [0.05, 0.1) is 34.9 Å². The van der Waals surface area contributed by atoms with Gasteiger partial charge in [0.25, 0.3) is 11.8 Å². The SMILES string of the molecule is N#Cc1ccc2[nH]cc(CCCCCl)c2c1.N#Cc1ccc2[nH]cc(CCCCN3CCN(c4ccc5oc(C(=O)O)cc5c4)CC3)c2c1.N#Cc1ccc2[nH]cc(CCCCN3CCN(c4ccc5oc(C(N)=O)cc5c4)CC3)c2c1.NC(=O)c1cc2cc(N3CCNCC3)ccc2o1. The van der Waals surface area contributed by atoms with Gasteiger partial charge in [-0.3, -0.25) is 19.4 Å². The summed E-state index contributed by atoms with van der Waals surface area (Å²) in [7, 11) is 0. The number of H-pyrrole nitrogens is 3. The molecule has 0 radical (unpaired) electrons. The normalized spacial score (nSPS) is 14.3. The number of aromatic nitrogens is 3. The van der Waals surface area contributed by atoms with E-state index in [1.165, 1.54) is 22.1 Å². The molecule has 100 heavy (non-hydrogen) atoms. The molecular formula is C78H81ClN14O7. The van der Waals surface area contributed by atoms with E-state index in [1.54, 1.807) is 18.2 Å². The van der Waals surface area contributed by atoms with Gasteiger partial charge in [-0.1, -0.05) is 0 Å². The number of alkyl halides is 1. The molecule has 3 aliphatic rings. The maximum atomic E-state index is 11.4. The number of nitrogens with one attached hydrogen (secondary N) is 4. The summed E-state index contributed by atoms with van der Waals surface area (Å²) >= 11 is 5.66. The first-order valence-electron chi connectivity index (χ1n) is 34.2. The van der Waals surface area contributed by atoms with Crippen LogP contribution < -0.4 is 31.5 Å². The number of piperazine rings is 3. The number of aryl methyl sites for hydroxylation is 3. The second-order valence-electron chi connectivity index (χ2n) is 25.5. The summed E-state index contributed by atoms with van der Waals surface area (Å²) in [5.41, 5.74) is 25.2. The van der Waals surface area contributed by atoms with E-state index in [0.29, 0.717) is 39.3 Å². The lowest BCUT2D eigenvalue weighted by Crippen LogP contribution is -2.46. The van der Waals surface area contributed by atoms with Gasteiger partial charge in [0, 0.05) is 169 Å². The summed E-state index contributed by atoms with van der Waals surface area (Å²) < 4.78 is 16.2. The minimum absolute atomic E-state index is 0.0230. The van der Waals surface area contributed by atoms with E-state index in [1.807, 2.05) is 109 Å². The first kappa shape index (κ1) is 68.9. The number of fused-ring (bicyclic) bond motifs is 6. The average Bonchev–Trinajstić information content (AvgIpc) is 1.55. The number of benzene rings is 6. The molecule has 0 saturated carbocycles. The Hall–Kier alpha value is -11.0. The zero-order chi connectivity index (χ0) is 69.5. The summed E-state index contributed by atoms with van der Waals surface area (Å²) in [6.07, 6.45) is 15.9. The van der Waals surface area contributed by atoms with E-state index in [2.05, 4.69) is 81.4 Å². The number of halogens is 1. The number of unbranched alkanes of at least 4 members (excludes halogenated alkanes) is 3. The van der Waals surface area contributed by atoms with Crippen LogP contribution in [0.3, 0.4) is 0 Å². The molecule has 22 heteroatoms. The third kappa shape index (κ3) is 16.9. The molecule has 12 aromatic rings. The Morgan fingerprint density at radius 2 is 0.790 bits per heavy atom. The van der Waals surface area contributed by atoms with E-state index in [0.717, 1.165) is 210 Å². The van der Waals surface area contributed by atoms with Crippen molar-refractivity contribution in [2.75, 3.05) is 112 Å². The van der Waals surface area contributed by atoms with Gasteiger partial charge >= 0.3 is 5.97 Å². The molecular weight excluding hydrogens is 1280 g/mol. The fourth-order valence-corrected chi connectivity index (χ4v) is 13.7. The van der Waals surface area contributed by atoms with Crippen molar-refractivity contribution < 1.29 is 32.7 Å². The Morgan fingerprint density at radius 1 is 0.440 bits per heavy atom. The number of amides is 2. The van der Waals surface area contributed by atoms with Gasteiger partial charge in [-0.15, -0.1) is 11.6 Å². The molecule has 3 saturated heterocycles. The monoisotopic (exact) mass is 1360 g/mol. The molecule has 0 bridgehead atoms. The quantitative estimate of drug-likeness (QED) is 0.0275. The van der Waals surface area contributed by atoms with Gasteiger partial charge in [-0.05, 0) is 215 Å².